The lowest BCUT2D eigenvalue weighted by atomic mass is 10.0. The van der Waals surface area contributed by atoms with E-state index in [-0.39, 0.29) is 23.8 Å². The molecule has 4 N–H and O–H groups in total. The van der Waals surface area contributed by atoms with Crippen LogP contribution in [0.25, 0.3) is 33.2 Å². The summed E-state index contributed by atoms with van der Waals surface area (Å²) in [7, 11) is 2.57. The number of hydrogen-bond donors (Lipinski definition) is 4. The zero-order valence-electron chi connectivity index (χ0n) is 34.6. The number of nitrogens with one attached hydrogen (secondary N) is 4. The van der Waals surface area contributed by atoms with E-state index in [0.29, 0.717) is 49.9 Å². The number of amides is 4. The van der Waals surface area contributed by atoms with Gasteiger partial charge in [0, 0.05) is 56.1 Å². The largest absolute Gasteiger partial charge is 0.453 e. The van der Waals surface area contributed by atoms with Crippen molar-refractivity contribution >= 4 is 40.7 Å². The molecule has 62 heavy (non-hydrogen) atoms. The average molecular weight is 836 g/mol. The fourth-order valence-electron chi connectivity index (χ4n) is 8.31. The van der Waals surface area contributed by atoms with Crippen LogP contribution in [0.3, 0.4) is 0 Å². The Morgan fingerprint density at radius 3 is 2.15 bits per heavy atom. The number of methoxy groups -OCH3 is 2. The lowest BCUT2D eigenvalue weighted by molar-refractivity contribution is -0.134. The number of H-pyrrole nitrogens is 1. The third-order valence-corrected chi connectivity index (χ3v) is 11.6. The Morgan fingerprint density at radius 1 is 0.742 bits per heavy atom. The molecule has 4 atom stereocenters. The van der Waals surface area contributed by atoms with Crippen molar-refractivity contribution in [1.82, 2.24) is 40.4 Å². The Bertz CT molecular complexity index is 2520. The number of carbonyl (C=O) groups is 4. The minimum absolute atomic E-state index is 0.172. The average Bonchev–Trinajstić information content (AvgIpc) is 4.12. The molecule has 0 bridgehead atoms. The molecule has 15 heteroatoms. The molecule has 0 aliphatic carbocycles. The number of aromatic amines is 1. The number of carbonyl (C=O) groups excluding carboxylic acids is 4. The van der Waals surface area contributed by atoms with Gasteiger partial charge in [0.1, 0.15) is 17.9 Å². The molecule has 2 fully saturated rings. The Labute approximate surface area is 359 Å². The summed E-state index contributed by atoms with van der Waals surface area (Å²) in [5.41, 5.74) is 5.31. The number of alkyl carbamates (subject to hydrolysis) is 2. The van der Waals surface area contributed by atoms with Crippen LogP contribution in [0.2, 0.25) is 0 Å². The smallest absolute Gasteiger partial charge is 0.407 e. The number of imidazole rings is 1. The quantitative estimate of drug-likeness (QED) is 0.0980. The van der Waals surface area contributed by atoms with Gasteiger partial charge >= 0.3 is 12.2 Å². The highest BCUT2D eigenvalue weighted by atomic mass is 16.5. The van der Waals surface area contributed by atoms with Crippen molar-refractivity contribution in [1.29, 1.82) is 0 Å². The molecular weight excluding hydrogens is 787 g/mol. The van der Waals surface area contributed by atoms with Crippen LogP contribution in [-0.2, 0) is 25.5 Å². The van der Waals surface area contributed by atoms with E-state index >= 15 is 0 Å². The van der Waals surface area contributed by atoms with Crippen LogP contribution in [-0.4, -0.2) is 100 Å². The number of rotatable bonds is 13. The second-order valence-corrected chi connectivity index (χ2v) is 15.6. The second-order valence-electron chi connectivity index (χ2n) is 15.6. The molecule has 2 aliphatic heterocycles. The number of hydrogen-bond acceptors (Lipinski definition) is 10. The summed E-state index contributed by atoms with van der Waals surface area (Å²) in [5, 5.41) is 10.9. The lowest BCUT2D eigenvalue weighted by Gasteiger charge is -2.28. The van der Waals surface area contributed by atoms with Gasteiger partial charge in [0.15, 0.2) is 0 Å². The van der Waals surface area contributed by atoms with Gasteiger partial charge in [0.25, 0.3) is 0 Å². The summed E-state index contributed by atoms with van der Waals surface area (Å²) in [6, 6.07) is 29.4. The normalized spacial score (nSPS) is 17.0. The van der Waals surface area contributed by atoms with Crippen molar-refractivity contribution < 1.29 is 28.7 Å². The van der Waals surface area contributed by atoms with Crippen LogP contribution in [0.5, 0.6) is 0 Å². The van der Waals surface area contributed by atoms with Crippen molar-refractivity contribution in [2.75, 3.05) is 45.7 Å². The summed E-state index contributed by atoms with van der Waals surface area (Å²) in [6.45, 7) is 2.29. The van der Waals surface area contributed by atoms with Crippen molar-refractivity contribution in [3.63, 3.8) is 0 Å². The molecule has 0 unspecified atom stereocenters. The number of aromatic nitrogens is 4. The summed E-state index contributed by atoms with van der Waals surface area (Å²) < 4.78 is 9.63. The van der Waals surface area contributed by atoms with Crippen LogP contribution >= 0.6 is 0 Å². The van der Waals surface area contributed by atoms with Crippen LogP contribution in [0, 0.1) is 5.92 Å². The van der Waals surface area contributed by atoms with Crippen LogP contribution in [0.4, 0.5) is 15.5 Å². The molecule has 0 saturated carbocycles. The van der Waals surface area contributed by atoms with Crippen LogP contribution in [0.15, 0.2) is 116 Å². The third kappa shape index (κ3) is 9.51. The Kier molecular flexibility index (Phi) is 12.7. The third-order valence-electron chi connectivity index (χ3n) is 11.6. The Hall–Kier alpha value is -7.29. The van der Waals surface area contributed by atoms with E-state index in [9.17, 15) is 19.2 Å². The molecule has 2 aliphatic rings. The maximum Gasteiger partial charge on any atom is 0.407 e. The van der Waals surface area contributed by atoms with E-state index < -0.39 is 24.3 Å². The predicted octanol–water partition coefficient (Wildman–Crippen LogP) is 6.68. The minimum Gasteiger partial charge on any atom is -0.453 e. The zero-order chi connectivity index (χ0) is 43.0. The fourth-order valence-corrected chi connectivity index (χ4v) is 8.31. The maximum absolute atomic E-state index is 13.9. The monoisotopic (exact) mass is 835 g/mol. The summed E-state index contributed by atoms with van der Waals surface area (Å²) in [6.07, 6.45) is 6.84. The number of ether oxygens (including phenoxy) is 2. The standard InChI is InChI=1S/C47H49N9O6/c1-61-46(59)53-38(22-30-10-5-3-6-11-30)43(57)56-20-9-14-40(56)42-48-28-39(52-42)36-18-17-33-23-35(16-15-34(33)24-36)37-26-50-45(51-27-37)49-25-31-19-21-55(29-31)44(58)41(54-47(60)62-2)32-12-7-4-8-13-32/h3-8,10-13,15-18,23-24,26-28,31,38,40-41H,9,14,19-22,25,29H2,1-2H3,(H,48,52)(H,53,59)(H,54,60)(H,49,50,51)/t31-,38+,40+,41+/m1/s1. The van der Waals surface area contributed by atoms with Crippen LogP contribution < -0.4 is 16.0 Å². The molecule has 8 rings (SSSR count). The van der Waals surface area contributed by atoms with E-state index in [0.717, 1.165) is 58.0 Å². The number of anilines is 1. The molecule has 318 valence electrons. The number of fused-ring (bicyclic) bond motifs is 1. The van der Waals surface area contributed by atoms with Gasteiger partial charge in [-0.1, -0.05) is 84.9 Å². The summed E-state index contributed by atoms with van der Waals surface area (Å²) >= 11 is 0. The van der Waals surface area contributed by atoms with Gasteiger partial charge in [-0.15, -0.1) is 0 Å². The van der Waals surface area contributed by atoms with Crippen molar-refractivity contribution in [2.24, 2.45) is 5.92 Å². The van der Waals surface area contributed by atoms with Crippen LogP contribution in [0.1, 0.15) is 48.3 Å². The minimum atomic E-state index is -0.828. The van der Waals surface area contributed by atoms with Gasteiger partial charge < -0.3 is 40.2 Å². The first-order chi connectivity index (χ1) is 30.3. The molecule has 6 aromatic rings. The molecule has 0 spiro atoms. The zero-order valence-corrected chi connectivity index (χ0v) is 34.6. The fraction of sp³-hybridized carbons (Fsp3) is 0.298. The van der Waals surface area contributed by atoms with E-state index in [1.165, 1.54) is 14.2 Å². The van der Waals surface area contributed by atoms with Gasteiger partial charge in [-0.25, -0.2) is 24.5 Å². The van der Waals surface area contributed by atoms with E-state index in [4.69, 9.17) is 14.5 Å². The van der Waals surface area contributed by atoms with Gasteiger partial charge in [-0.05, 0) is 64.8 Å². The highest BCUT2D eigenvalue weighted by molar-refractivity contribution is 5.91. The summed E-state index contributed by atoms with van der Waals surface area (Å²) in [4.78, 5) is 72.7. The molecule has 4 heterocycles. The predicted molar refractivity (Wildman–Crippen MR) is 234 cm³/mol. The van der Waals surface area contributed by atoms with Gasteiger partial charge in [-0.3, -0.25) is 9.59 Å². The molecular formula is C47H49N9O6. The van der Waals surface area contributed by atoms with Crippen molar-refractivity contribution in [3.8, 4) is 22.4 Å². The molecule has 15 nitrogen and oxygen atoms in total. The van der Waals surface area contributed by atoms with E-state index in [1.807, 2.05) is 71.8 Å². The number of likely N-dealkylation sites (tertiary alicyclic amines) is 2. The maximum atomic E-state index is 13.9. The van der Waals surface area contributed by atoms with E-state index in [1.54, 1.807) is 17.3 Å². The SMILES string of the molecule is COC(=O)N[C@@H](Cc1ccccc1)C(=O)N1CCC[C@H]1c1ncc(-c2ccc3cc(-c4cnc(NC[C@H]5CCN(C(=O)[C@@H](NC(=O)OC)c6ccccc6)C5)nc4)ccc3c2)[nH]1. The number of nitrogens with zero attached hydrogens (tertiary/aromatic N) is 5. The topological polar surface area (TPSA) is 184 Å². The highest BCUT2D eigenvalue weighted by Crippen LogP contribution is 2.34. The first kappa shape index (κ1) is 41.4. The number of benzene rings is 4. The molecule has 4 amide bonds. The van der Waals surface area contributed by atoms with Gasteiger partial charge in [-0.2, -0.15) is 0 Å². The Balaban J connectivity index is 0.877. The molecule has 4 aromatic carbocycles. The second kappa shape index (κ2) is 19.0. The molecule has 2 aromatic heterocycles. The van der Waals surface area contributed by atoms with E-state index in [2.05, 4.69) is 67.3 Å². The van der Waals surface area contributed by atoms with Crippen molar-refractivity contribution in [3.05, 3.63) is 133 Å². The van der Waals surface area contributed by atoms with Gasteiger partial charge in [0.2, 0.25) is 17.8 Å². The lowest BCUT2D eigenvalue weighted by Crippen LogP contribution is -2.49. The Morgan fingerprint density at radius 2 is 1.42 bits per heavy atom. The molecule has 0 radical (unpaired) electrons. The molecule has 2 saturated heterocycles. The van der Waals surface area contributed by atoms with Gasteiger partial charge in [0.05, 0.1) is 32.2 Å². The van der Waals surface area contributed by atoms with Crippen molar-refractivity contribution in [2.45, 2.75) is 43.8 Å². The highest BCUT2D eigenvalue weighted by Gasteiger charge is 2.37. The first-order valence-electron chi connectivity index (χ1n) is 20.8. The first-order valence-corrected chi connectivity index (χ1v) is 20.8. The summed E-state index contributed by atoms with van der Waals surface area (Å²) in [5.74, 6) is 1.06.